The van der Waals surface area contributed by atoms with Crippen molar-refractivity contribution in [3.8, 4) is 0 Å². The predicted octanol–water partition coefficient (Wildman–Crippen LogP) is 5.84. The van der Waals surface area contributed by atoms with Crippen molar-refractivity contribution in [3.63, 3.8) is 0 Å². The highest BCUT2D eigenvalue weighted by molar-refractivity contribution is 8.07. The summed E-state index contributed by atoms with van der Waals surface area (Å²) in [7, 11) is -1.54. The molecular weight excluding hydrogens is 1310 g/mol. The van der Waals surface area contributed by atoms with Gasteiger partial charge in [-0.15, -0.1) is 0 Å². The van der Waals surface area contributed by atoms with Crippen molar-refractivity contribution in [2.75, 3.05) is 52.7 Å². The van der Waals surface area contributed by atoms with Crippen molar-refractivity contribution < 1.29 is 60.0 Å². The Balaban J connectivity index is 0.861. The van der Waals surface area contributed by atoms with E-state index < -0.39 is 130 Å². The maximum absolute atomic E-state index is 14.1. The topological polar surface area (TPSA) is 310 Å². The van der Waals surface area contributed by atoms with E-state index >= 15 is 0 Å². The molecule has 14 unspecified atom stereocenters. The monoisotopic (exact) mass is 1380 g/mol. The second kappa shape index (κ2) is 29.2. The van der Waals surface area contributed by atoms with Crippen LogP contribution in [0.5, 0.6) is 0 Å². The van der Waals surface area contributed by atoms with E-state index in [1.165, 1.54) is 32.3 Å². The number of benzene rings is 2. The van der Waals surface area contributed by atoms with E-state index in [1.54, 1.807) is 79.1 Å². The lowest BCUT2D eigenvalue weighted by Gasteiger charge is -2.33. The van der Waals surface area contributed by atoms with Crippen molar-refractivity contribution in [2.45, 2.75) is 165 Å². The van der Waals surface area contributed by atoms with Crippen LogP contribution < -0.4 is 33.7 Å². The first kappa shape index (κ1) is 67.6. The predicted molar refractivity (Wildman–Crippen MR) is 345 cm³/mol. The minimum Gasteiger partial charge on any atom is -0.352 e. The number of aromatic amines is 3. The summed E-state index contributed by atoms with van der Waals surface area (Å²) < 4.78 is 79.7. The lowest BCUT2D eigenvalue weighted by molar-refractivity contribution is -0.0553. The van der Waals surface area contributed by atoms with Crippen LogP contribution in [-0.2, 0) is 74.0 Å². The number of nitrogens with zero attached hydrogens (tertiary/aromatic N) is 6. The molecule has 7 aliphatic heterocycles. The van der Waals surface area contributed by atoms with Gasteiger partial charge in [0.1, 0.15) is 30.9 Å². The SMILES string of the molecule is CCC1OC(n2cc(C)c(=O)[nH]c2=O)CC1OP(=S)(OCC1OC(n2cc(C)c(=O)[nH]c2=O)CC1OP(=S)(OCC1OC(n2cc(C)c(=O)[nH]c2=O)CC1OP1OC[C@@H]2CCCN21)OCC1CCCN1C(=O)c1ccccc1)OCC1CCCN1C(=O)c1ccccc1. The molecule has 7 saturated heterocycles. The molecule has 0 saturated carbocycles. The van der Waals surface area contributed by atoms with E-state index in [-0.39, 0.29) is 73.6 Å². The van der Waals surface area contributed by atoms with Gasteiger partial charge in [0.2, 0.25) is 0 Å². The van der Waals surface area contributed by atoms with Gasteiger partial charge in [0.05, 0.1) is 69.5 Å². The Morgan fingerprint density at radius 2 is 0.946 bits per heavy atom. The number of carbonyl (C=O) groups is 2. The number of hydrogen-bond acceptors (Lipinski definition) is 22. The van der Waals surface area contributed by atoms with E-state index in [0.717, 1.165) is 19.4 Å². The molecule has 93 heavy (non-hydrogen) atoms. The lowest BCUT2D eigenvalue weighted by atomic mass is 10.1. The zero-order valence-corrected chi connectivity index (χ0v) is 56.1. The van der Waals surface area contributed by atoms with Gasteiger partial charge in [0.15, 0.2) is 0 Å². The Kier molecular flexibility index (Phi) is 21.2. The van der Waals surface area contributed by atoms with Crippen LogP contribution in [-0.4, -0.2) is 162 Å². The molecule has 12 rings (SSSR count). The zero-order valence-electron chi connectivity index (χ0n) is 51.8. The minimum absolute atomic E-state index is 0.0817. The number of amides is 2. The fourth-order valence-electron chi connectivity index (χ4n) is 12.9. The Labute approximate surface area is 545 Å². The van der Waals surface area contributed by atoms with Crippen LogP contribution in [0, 0.1) is 20.8 Å². The minimum atomic E-state index is -4.16. The van der Waals surface area contributed by atoms with Crippen LogP contribution in [0.4, 0.5) is 0 Å². The first-order chi connectivity index (χ1) is 44.7. The second-order valence-electron chi connectivity index (χ2n) is 24.3. The van der Waals surface area contributed by atoms with Crippen LogP contribution in [0.3, 0.4) is 0 Å². The summed E-state index contributed by atoms with van der Waals surface area (Å²) in [6.45, 7) is -0.460. The molecule has 15 atom stereocenters. The maximum Gasteiger partial charge on any atom is 0.330 e. The molecule has 7 aliphatic rings. The van der Waals surface area contributed by atoms with Crippen molar-refractivity contribution >= 4 is 57.4 Å². The smallest absolute Gasteiger partial charge is 0.330 e. The number of nitrogens with one attached hydrogen (secondary N) is 3. The zero-order chi connectivity index (χ0) is 65.3. The number of H-pyrrole nitrogens is 3. The molecule has 10 heterocycles. The van der Waals surface area contributed by atoms with Gasteiger partial charge >= 0.3 is 30.5 Å². The highest BCUT2D eigenvalue weighted by Crippen LogP contribution is 2.59. The highest BCUT2D eigenvalue weighted by Gasteiger charge is 2.49. The van der Waals surface area contributed by atoms with E-state index in [2.05, 4.69) is 19.6 Å². The molecule has 5 aromatic rings. The molecule has 0 radical (unpaired) electrons. The Morgan fingerprint density at radius 1 is 0.548 bits per heavy atom. The normalized spacial score (nSPS) is 29.3. The maximum atomic E-state index is 14.1. The molecule has 502 valence electrons. The first-order valence-electron chi connectivity index (χ1n) is 31.4. The summed E-state index contributed by atoms with van der Waals surface area (Å²) in [5.41, 5.74) is -2.06. The van der Waals surface area contributed by atoms with E-state index in [9.17, 15) is 38.4 Å². The molecule has 33 heteroatoms. The van der Waals surface area contributed by atoms with Gasteiger partial charge in [-0.1, -0.05) is 43.3 Å². The van der Waals surface area contributed by atoms with Gasteiger partial charge in [-0.25, -0.2) is 19.1 Å². The van der Waals surface area contributed by atoms with E-state index in [4.69, 9.17) is 74.0 Å². The summed E-state index contributed by atoms with van der Waals surface area (Å²) in [6.07, 6.45) is 0.668. The number of aryl methyl sites for hydroxylation is 3. The van der Waals surface area contributed by atoms with Crippen molar-refractivity contribution in [1.82, 2.24) is 43.1 Å². The quantitative estimate of drug-likeness (QED) is 0.0611. The van der Waals surface area contributed by atoms with Gasteiger partial charge in [0, 0.05) is 91.3 Å². The van der Waals surface area contributed by atoms with Crippen LogP contribution >= 0.6 is 22.0 Å². The van der Waals surface area contributed by atoms with Crippen LogP contribution in [0.2, 0.25) is 0 Å². The number of aromatic nitrogens is 6. The molecule has 0 aliphatic carbocycles. The molecule has 7 fully saturated rings. The molecule has 0 bridgehead atoms. The molecule has 3 N–H and O–H groups in total. The summed E-state index contributed by atoms with van der Waals surface area (Å²) in [4.78, 5) is 117. The number of likely N-dealkylation sites (tertiary alicyclic amines) is 2. The third kappa shape index (κ3) is 15.3. The van der Waals surface area contributed by atoms with Gasteiger partial charge < -0.3 is 60.2 Å². The first-order valence-corrected chi connectivity index (χ1v) is 37.6. The van der Waals surface area contributed by atoms with E-state index in [0.29, 0.717) is 62.9 Å². The van der Waals surface area contributed by atoms with Crippen molar-refractivity contribution in [1.29, 1.82) is 0 Å². The van der Waals surface area contributed by atoms with Gasteiger partial charge in [0.25, 0.3) is 37.0 Å². The molecular formula is C60H76N9O19P3S2. The van der Waals surface area contributed by atoms with Crippen molar-refractivity contribution in [2.24, 2.45) is 0 Å². The van der Waals surface area contributed by atoms with Crippen LogP contribution in [0.1, 0.15) is 127 Å². The Hall–Kier alpha value is -5.33. The summed E-state index contributed by atoms with van der Waals surface area (Å²) in [6, 6.07) is 17.0. The summed E-state index contributed by atoms with van der Waals surface area (Å²) in [5, 5.41) is 0. The lowest BCUT2D eigenvalue weighted by Crippen LogP contribution is -2.38. The molecule has 3 aromatic heterocycles. The summed E-state index contributed by atoms with van der Waals surface area (Å²) in [5.74, 6) is -0.394. The average molecular weight is 1380 g/mol. The van der Waals surface area contributed by atoms with E-state index in [1.807, 2.05) is 19.1 Å². The average Bonchev–Trinajstić information content (AvgIpc) is 1.73. The summed E-state index contributed by atoms with van der Waals surface area (Å²) >= 11 is 12.9. The number of fused-ring (bicyclic) bond motifs is 1. The largest absolute Gasteiger partial charge is 0.352 e. The number of carbonyl (C=O) groups excluding carboxylic acids is 2. The molecule has 2 aromatic carbocycles. The fraction of sp³-hybridized carbons (Fsp3) is 0.567. The molecule has 2 amide bonds. The number of ether oxygens (including phenoxy) is 3. The number of hydrogen-bond donors (Lipinski definition) is 3. The van der Waals surface area contributed by atoms with Gasteiger partial charge in [-0.3, -0.25) is 52.6 Å². The highest BCUT2D eigenvalue weighted by atomic mass is 32.5. The second-order valence-corrected chi connectivity index (χ2v) is 31.6. The Morgan fingerprint density at radius 3 is 1.40 bits per heavy atom. The third-order valence-corrected chi connectivity index (χ3v) is 24.4. The Bertz CT molecular complexity index is 4010. The van der Waals surface area contributed by atoms with Crippen molar-refractivity contribution in [3.05, 3.63) is 170 Å². The van der Waals surface area contributed by atoms with Crippen LogP contribution in [0.25, 0.3) is 0 Å². The number of rotatable bonds is 24. The third-order valence-electron chi connectivity index (χ3n) is 18.0. The van der Waals surface area contributed by atoms with Gasteiger partial charge in [-0.05, 0) is 114 Å². The molecule has 28 nitrogen and oxygen atoms in total. The van der Waals surface area contributed by atoms with Crippen LogP contribution in [0.15, 0.2) is 108 Å². The standard InChI is InChI=1S/C60H76N9O19P3S2/c1-5-44-46(26-51(83-44)67-29-37(3)54(71)62-59(67)76)87-90(92,79-32-41-19-12-22-64(41)56(73)39-15-8-6-9-16-39)82-35-49-47(27-52(85-49)68-30-38(4)55(72)63-60(68)77)88-91(93,80-33-42-20-13-23-65(42)57(74)40-17-10-7-11-18-40)81-34-48-45(86-89-69-24-14-21-43(69)31-78-89)25-50(84-48)66-28-36(2)53(70)61-58(66)75/h6-11,15-18,28-30,41-52H,5,12-14,19-27,31-35H2,1-4H3,(H,61,70,75)(H,62,71,76)(H,63,72,77)/t41?,42?,43-,44?,45?,46?,47?,48?,49?,50?,51?,52?,89?,90?,91?/m0/s1. The fourth-order valence-corrected chi connectivity index (χ4v) is 19.0. The molecule has 0 spiro atoms. The van der Waals surface area contributed by atoms with Gasteiger partial charge in [-0.2, -0.15) is 0 Å².